The van der Waals surface area contributed by atoms with Gasteiger partial charge in [-0.25, -0.2) is 0 Å². The van der Waals surface area contributed by atoms with E-state index >= 15 is 0 Å². The van der Waals surface area contributed by atoms with Crippen LogP contribution in [-0.4, -0.2) is 46.3 Å². The van der Waals surface area contributed by atoms with Gasteiger partial charge in [-0.1, -0.05) is 6.07 Å². The molecule has 0 aliphatic carbocycles. The molecule has 3 N–H and O–H groups in total. The van der Waals surface area contributed by atoms with Crippen LogP contribution in [0.2, 0.25) is 0 Å². The number of nitrogens with two attached hydrogens (primary N) is 1. The predicted octanol–water partition coefficient (Wildman–Crippen LogP) is -0.655. The summed E-state index contributed by atoms with van der Waals surface area (Å²) in [7, 11) is 0. The van der Waals surface area contributed by atoms with E-state index in [9.17, 15) is 19.2 Å². The van der Waals surface area contributed by atoms with Gasteiger partial charge in [0, 0.05) is 43.6 Å². The first-order valence-electron chi connectivity index (χ1n) is 8.36. The molecule has 8 heteroatoms. The molecule has 1 aromatic rings. The fraction of sp³-hybridized carbons (Fsp3) is 0.529. The van der Waals surface area contributed by atoms with Crippen LogP contribution in [0.3, 0.4) is 0 Å². The SMILES string of the molecule is CC(=O)N1C[C@H]2C[C@@H](C1)[C@H](C(=O)N[C@@H](C)C(N)=O)n1c2cccc1=O. The summed E-state index contributed by atoms with van der Waals surface area (Å²) in [5.74, 6) is -1.28. The van der Waals surface area contributed by atoms with Crippen LogP contribution in [0.4, 0.5) is 0 Å². The summed E-state index contributed by atoms with van der Waals surface area (Å²) in [5, 5.41) is 2.59. The van der Waals surface area contributed by atoms with E-state index < -0.39 is 23.9 Å². The van der Waals surface area contributed by atoms with Crippen LogP contribution in [0.25, 0.3) is 0 Å². The van der Waals surface area contributed by atoms with Crippen LogP contribution >= 0.6 is 0 Å². The Bertz CT molecular complexity index is 787. The summed E-state index contributed by atoms with van der Waals surface area (Å²) in [4.78, 5) is 50.1. The molecule has 8 nitrogen and oxygen atoms in total. The molecule has 2 aliphatic rings. The van der Waals surface area contributed by atoms with Crippen LogP contribution in [0, 0.1) is 5.92 Å². The van der Waals surface area contributed by atoms with Crippen molar-refractivity contribution in [1.29, 1.82) is 0 Å². The number of hydrogen-bond donors (Lipinski definition) is 2. The number of fused-ring (bicyclic) bond motifs is 4. The maximum Gasteiger partial charge on any atom is 0.251 e. The van der Waals surface area contributed by atoms with E-state index in [2.05, 4.69) is 5.32 Å². The zero-order valence-corrected chi connectivity index (χ0v) is 14.3. The number of carbonyl (C=O) groups is 3. The Kier molecular flexibility index (Phi) is 4.36. The quantitative estimate of drug-likeness (QED) is 0.756. The van der Waals surface area contributed by atoms with Gasteiger partial charge in [0.2, 0.25) is 17.7 Å². The molecule has 1 fully saturated rings. The van der Waals surface area contributed by atoms with Crippen LogP contribution < -0.4 is 16.6 Å². The Labute approximate surface area is 145 Å². The van der Waals surface area contributed by atoms with E-state index in [1.165, 1.54) is 24.5 Å². The number of nitrogens with zero attached hydrogens (tertiary/aromatic N) is 2. The fourth-order valence-electron chi connectivity index (χ4n) is 3.90. The molecule has 0 saturated carbocycles. The Morgan fingerprint density at radius 2 is 2.00 bits per heavy atom. The highest BCUT2D eigenvalue weighted by atomic mass is 16.2. The van der Waals surface area contributed by atoms with E-state index in [0.29, 0.717) is 13.1 Å². The molecule has 3 amide bonds. The lowest BCUT2D eigenvalue weighted by molar-refractivity contribution is -0.136. The van der Waals surface area contributed by atoms with Gasteiger partial charge in [-0.2, -0.15) is 0 Å². The Balaban J connectivity index is 2.02. The predicted molar refractivity (Wildman–Crippen MR) is 89.6 cm³/mol. The van der Waals surface area contributed by atoms with Gasteiger partial charge in [0.1, 0.15) is 12.1 Å². The zero-order valence-electron chi connectivity index (χ0n) is 14.3. The van der Waals surface area contributed by atoms with Crippen molar-refractivity contribution in [2.75, 3.05) is 13.1 Å². The van der Waals surface area contributed by atoms with Gasteiger partial charge in [-0.15, -0.1) is 0 Å². The second kappa shape index (κ2) is 6.34. The van der Waals surface area contributed by atoms with Crippen molar-refractivity contribution in [3.05, 3.63) is 34.2 Å². The summed E-state index contributed by atoms with van der Waals surface area (Å²) >= 11 is 0. The third-order valence-corrected chi connectivity index (χ3v) is 5.15. The summed E-state index contributed by atoms with van der Waals surface area (Å²) in [5.41, 5.74) is 5.72. The van der Waals surface area contributed by atoms with Gasteiger partial charge < -0.3 is 16.0 Å². The van der Waals surface area contributed by atoms with Gasteiger partial charge in [0.25, 0.3) is 5.56 Å². The summed E-state index contributed by atoms with van der Waals surface area (Å²) in [6.45, 7) is 3.96. The lowest BCUT2D eigenvalue weighted by Crippen LogP contribution is -2.55. The van der Waals surface area contributed by atoms with Crippen LogP contribution in [-0.2, 0) is 14.4 Å². The van der Waals surface area contributed by atoms with Crippen molar-refractivity contribution in [2.24, 2.45) is 11.7 Å². The first kappa shape index (κ1) is 17.2. The molecular formula is C17H22N4O4. The lowest BCUT2D eigenvalue weighted by Gasteiger charge is -2.46. The monoisotopic (exact) mass is 346 g/mol. The summed E-state index contributed by atoms with van der Waals surface area (Å²) in [6, 6.07) is 3.32. The van der Waals surface area contributed by atoms with Gasteiger partial charge in [0.15, 0.2) is 0 Å². The van der Waals surface area contributed by atoms with Crippen LogP contribution in [0.5, 0.6) is 0 Å². The summed E-state index contributed by atoms with van der Waals surface area (Å²) in [6.07, 6.45) is 0.719. The molecule has 25 heavy (non-hydrogen) atoms. The largest absolute Gasteiger partial charge is 0.368 e. The lowest BCUT2D eigenvalue weighted by atomic mass is 9.78. The number of likely N-dealkylation sites (tertiary alicyclic amines) is 1. The molecule has 0 unspecified atom stereocenters. The number of pyridine rings is 1. The maximum atomic E-state index is 12.8. The highest BCUT2D eigenvalue weighted by molar-refractivity contribution is 5.88. The molecule has 2 aliphatic heterocycles. The molecule has 1 aromatic heterocycles. The number of piperidine rings is 1. The van der Waals surface area contributed by atoms with Crippen LogP contribution in [0.15, 0.2) is 23.0 Å². The van der Waals surface area contributed by atoms with Gasteiger partial charge in [0.05, 0.1) is 0 Å². The van der Waals surface area contributed by atoms with Crippen molar-refractivity contribution >= 4 is 17.7 Å². The molecule has 3 heterocycles. The number of nitrogens with one attached hydrogen (secondary N) is 1. The molecule has 2 bridgehead atoms. The van der Waals surface area contributed by atoms with Crippen molar-refractivity contribution in [3.8, 4) is 0 Å². The highest BCUT2D eigenvalue weighted by Gasteiger charge is 2.44. The minimum Gasteiger partial charge on any atom is -0.368 e. The number of primary amides is 1. The minimum absolute atomic E-state index is 0.0224. The Morgan fingerprint density at radius 3 is 2.64 bits per heavy atom. The third kappa shape index (κ3) is 3.04. The second-order valence-electron chi connectivity index (χ2n) is 6.85. The average molecular weight is 346 g/mol. The van der Waals surface area contributed by atoms with E-state index in [0.717, 1.165) is 12.1 Å². The Hall–Kier alpha value is -2.64. The second-order valence-corrected chi connectivity index (χ2v) is 6.85. The molecule has 0 aromatic carbocycles. The van der Waals surface area contributed by atoms with E-state index in [1.54, 1.807) is 11.0 Å². The normalized spacial score (nSPS) is 25.7. The first-order chi connectivity index (χ1) is 11.8. The minimum atomic E-state index is -0.833. The fourth-order valence-corrected chi connectivity index (χ4v) is 3.90. The third-order valence-electron chi connectivity index (χ3n) is 5.15. The number of rotatable bonds is 3. The number of amides is 3. The topological polar surface area (TPSA) is 114 Å². The standard InChI is InChI=1S/C17H22N4O4/c1-9(16(18)24)19-17(25)15-12-6-11(7-20(8-12)10(2)22)13-4-3-5-14(23)21(13)15/h3-5,9,11-12,15H,6-8H2,1-2H3,(H2,18,24)(H,19,25)/t9-,11+,12-,15+/m0/s1. The van der Waals surface area contributed by atoms with Crippen molar-refractivity contribution in [1.82, 2.24) is 14.8 Å². The average Bonchev–Trinajstić information content (AvgIpc) is 2.55. The molecule has 0 radical (unpaired) electrons. The highest BCUT2D eigenvalue weighted by Crippen LogP contribution is 2.41. The number of carbonyl (C=O) groups excluding carboxylic acids is 3. The number of hydrogen-bond acceptors (Lipinski definition) is 4. The van der Waals surface area contributed by atoms with Crippen LogP contribution in [0.1, 0.15) is 37.9 Å². The molecule has 0 spiro atoms. The van der Waals surface area contributed by atoms with Crippen molar-refractivity contribution in [2.45, 2.75) is 38.3 Å². The van der Waals surface area contributed by atoms with E-state index in [4.69, 9.17) is 5.73 Å². The zero-order chi connectivity index (χ0) is 18.3. The van der Waals surface area contributed by atoms with Crippen molar-refractivity contribution in [3.63, 3.8) is 0 Å². The Morgan fingerprint density at radius 1 is 1.28 bits per heavy atom. The van der Waals surface area contributed by atoms with Gasteiger partial charge in [-0.3, -0.25) is 23.7 Å². The molecule has 134 valence electrons. The molecule has 1 saturated heterocycles. The smallest absolute Gasteiger partial charge is 0.251 e. The maximum absolute atomic E-state index is 12.8. The first-order valence-corrected chi connectivity index (χ1v) is 8.36. The summed E-state index contributed by atoms with van der Waals surface area (Å²) < 4.78 is 1.51. The molecular weight excluding hydrogens is 324 g/mol. The van der Waals surface area contributed by atoms with Gasteiger partial charge >= 0.3 is 0 Å². The van der Waals surface area contributed by atoms with Crippen molar-refractivity contribution < 1.29 is 14.4 Å². The molecule has 3 rings (SSSR count). The van der Waals surface area contributed by atoms with E-state index in [-0.39, 0.29) is 23.3 Å². The van der Waals surface area contributed by atoms with Gasteiger partial charge in [-0.05, 0) is 19.4 Å². The van der Waals surface area contributed by atoms with E-state index in [1.807, 2.05) is 6.07 Å². The number of aromatic nitrogens is 1. The molecule has 4 atom stereocenters.